The average molecular weight is 1000 g/mol. The Balaban J connectivity index is 0. The summed E-state index contributed by atoms with van der Waals surface area (Å²) in [7, 11) is 16.3. The largest absolute Gasteiger partial charge is 0.399 e. The minimum Gasteiger partial charge on any atom is -0.399 e. The van der Waals surface area contributed by atoms with Crippen molar-refractivity contribution >= 4 is 145 Å². The number of halogens is 1. The number of hydrogen-bond acceptors (Lipinski definition) is 7. The maximum Gasteiger partial charge on any atom is 0.224 e. The van der Waals surface area contributed by atoms with Crippen molar-refractivity contribution in [1.82, 2.24) is 9.97 Å². The minimum atomic E-state index is -0.187. The van der Waals surface area contributed by atoms with Crippen molar-refractivity contribution < 1.29 is 9.59 Å². The van der Waals surface area contributed by atoms with Gasteiger partial charge in [0, 0.05) is 159 Å². The lowest BCUT2D eigenvalue weighted by molar-refractivity contribution is -0.116. The smallest absolute Gasteiger partial charge is 0.224 e. The topological polar surface area (TPSA) is 98.0 Å². The van der Waals surface area contributed by atoms with Crippen LogP contribution in [0.5, 0.6) is 0 Å². The number of carbonyl (C=O) groups excluding carboxylic acids is 2. The van der Waals surface area contributed by atoms with Gasteiger partial charge in [-0.15, -0.1) is 0 Å². The molecule has 0 aliphatic heterocycles. The molecule has 0 spiro atoms. The van der Waals surface area contributed by atoms with Crippen LogP contribution < -0.4 is 11.1 Å². The zero-order valence-corrected chi connectivity index (χ0v) is 43.2. The zero-order valence-electron chi connectivity index (χ0n) is 32.7. The van der Waals surface area contributed by atoms with E-state index in [-0.39, 0.29) is 11.1 Å². The highest BCUT2D eigenvalue weighted by molar-refractivity contribution is 8.75. The van der Waals surface area contributed by atoms with Crippen molar-refractivity contribution in [1.29, 1.82) is 0 Å². The van der Waals surface area contributed by atoms with Crippen LogP contribution in [0.25, 0.3) is 0 Å². The van der Waals surface area contributed by atoms with Gasteiger partial charge >= 0.3 is 0 Å². The fourth-order valence-corrected chi connectivity index (χ4v) is 26.8. The summed E-state index contributed by atoms with van der Waals surface area (Å²) in [6.45, 7) is 8.33. The summed E-state index contributed by atoms with van der Waals surface area (Å²) in [4.78, 5) is 30.3. The first-order valence-electron chi connectivity index (χ1n) is 18.7. The number of rotatable bonds is 21. The summed E-state index contributed by atoms with van der Waals surface area (Å²) >= 11 is 14.6. The maximum absolute atomic E-state index is 11.8. The number of hydrogen-bond donors (Lipinski definition) is 2. The summed E-state index contributed by atoms with van der Waals surface area (Å²) in [5.41, 5.74) is 8.93. The second-order valence-corrected chi connectivity index (χ2v) is 30.3. The number of unbranched alkanes of at least 4 members (excludes halogenated alkanes) is 16. The summed E-state index contributed by atoms with van der Waals surface area (Å²) < 4.78 is 0. The molecule has 19 heteroatoms. The number of amides is 1. The lowest BCUT2D eigenvalue weighted by Gasteiger charge is -2.05. The van der Waals surface area contributed by atoms with Crippen molar-refractivity contribution in [2.75, 3.05) is 11.1 Å². The standard InChI is InChI=1S/C18H30N2O.C12H23ClO.C6H8N2.S12/c1-3-4-5-6-7-8-9-10-11-12-18(21)20-17-13-14-19-16(2)15-17;1-2-3-4-5-6-7-8-9-10-11-12(13)14;1-5-4-6(7)2-3-8-5;1-3-5-7-9-11-12-10-8-6-4-2/h13-15H,3-12H2,1-2H3,(H,19,20,21);2-11H2,1H3;2-4H,1H3,(H2,7,8);. The summed E-state index contributed by atoms with van der Waals surface area (Å²) in [5.74, 6) is 0.114. The number of pyridine rings is 2. The van der Waals surface area contributed by atoms with Gasteiger partial charge in [-0.05, 0) is 62.6 Å². The first-order chi connectivity index (χ1) is 26.7. The fraction of sp³-hybridized carbons (Fsp3) is 0.667. The lowest BCUT2D eigenvalue weighted by Crippen LogP contribution is -2.11. The van der Waals surface area contributed by atoms with Gasteiger partial charge in [-0.1, -0.05) is 117 Å². The first-order valence-corrected chi connectivity index (χ1v) is 33.7. The Bertz CT molecular complexity index is 1670. The van der Waals surface area contributed by atoms with E-state index in [1.54, 1.807) is 89.5 Å². The molecule has 0 aliphatic rings. The molecule has 0 unspecified atom stereocenters. The Labute approximate surface area is 375 Å². The second-order valence-electron chi connectivity index (χ2n) is 12.2. The van der Waals surface area contributed by atoms with E-state index in [1.165, 1.54) is 108 Å². The zero-order chi connectivity index (χ0) is 41.0. The number of aryl methyl sites for hydroxylation is 2. The van der Waals surface area contributed by atoms with E-state index in [9.17, 15) is 9.59 Å². The summed E-state index contributed by atoms with van der Waals surface area (Å²) in [5, 5.41) is 2.74. The molecule has 0 aromatic carbocycles. The molecule has 0 atom stereocenters. The molecule has 0 saturated carbocycles. The summed E-state index contributed by atoms with van der Waals surface area (Å²) in [6.07, 6.45) is 27.6. The monoisotopic (exact) mass is 1000 g/mol. The number of nitrogen functional groups attached to an aromatic ring is 1. The SMILES string of the molecule is CCCCCCCCCCCC(=O)Cl.CCCCCCCCCCCC(=O)Nc1ccnc(C)c1.Cc1cc(N)ccn1.S=S=S=S=S=S=S=S=S=S=S=S. The number of carbonyl (C=O) groups is 2. The highest BCUT2D eigenvalue weighted by Crippen LogP contribution is 2.13. The van der Waals surface area contributed by atoms with Gasteiger partial charge in [-0.2, -0.15) is 0 Å². The molecular weight excluding hydrogens is 941 g/mol. The predicted octanol–water partition coefficient (Wildman–Crippen LogP) is 10.9. The molecule has 2 heterocycles. The first kappa shape index (κ1) is 57.3. The third-order valence-electron chi connectivity index (χ3n) is 7.34. The molecule has 2 aromatic heterocycles. The maximum atomic E-state index is 11.8. The molecular formula is C36H61ClN4O2S12. The van der Waals surface area contributed by atoms with Gasteiger partial charge in [0.25, 0.3) is 0 Å². The average Bonchev–Trinajstić information content (AvgIpc) is 3.15. The van der Waals surface area contributed by atoms with Crippen LogP contribution in [-0.4, -0.2) is 21.1 Å². The molecule has 0 aliphatic carbocycles. The predicted molar refractivity (Wildman–Crippen MR) is 274 cm³/mol. The van der Waals surface area contributed by atoms with Gasteiger partial charge in [-0.25, -0.2) is 0 Å². The molecule has 2 rings (SSSR count). The quantitative estimate of drug-likeness (QED) is 0.0950. The van der Waals surface area contributed by atoms with Crippen molar-refractivity contribution in [2.24, 2.45) is 0 Å². The normalized spacial score (nSPS) is 9.55. The highest BCUT2D eigenvalue weighted by Gasteiger charge is 2.02. The molecule has 3 N–H and O–H groups in total. The molecule has 1 amide bonds. The number of nitrogens with one attached hydrogen (secondary N) is 1. The van der Waals surface area contributed by atoms with Crippen molar-refractivity contribution in [2.45, 2.75) is 156 Å². The van der Waals surface area contributed by atoms with Crippen LogP contribution in [0.3, 0.4) is 0 Å². The molecule has 55 heavy (non-hydrogen) atoms. The Kier molecular flexibility index (Phi) is 48.8. The van der Waals surface area contributed by atoms with E-state index < -0.39 is 0 Å². The van der Waals surface area contributed by atoms with Crippen molar-refractivity contribution in [3.63, 3.8) is 0 Å². The van der Waals surface area contributed by atoms with Crippen LogP contribution >= 0.6 is 11.6 Å². The van der Waals surface area contributed by atoms with Crippen LogP contribution in [0.1, 0.15) is 154 Å². The Morgan fingerprint density at radius 3 is 1.35 bits per heavy atom. The summed E-state index contributed by atoms with van der Waals surface area (Å²) in [6, 6.07) is 7.34. The number of nitrogens with two attached hydrogens (primary N) is 1. The Hall–Kier alpha value is 0.170. The number of anilines is 2. The van der Waals surface area contributed by atoms with E-state index in [4.69, 9.17) is 17.3 Å². The number of nitrogens with zero attached hydrogens (tertiary/aromatic N) is 2. The van der Waals surface area contributed by atoms with Crippen LogP contribution in [0.4, 0.5) is 11.4 Å². The van der Waals surface area contributed by atoms with Gasteiger partial charge in [0.15, 0.2) is 0 Å². The fourth-order valence-electron chi connectivity index (χ4n) is 4.68. The van der Waals surface area contributed by atoms with Crippen molar-refractivity contribution in [3.8, 4) is 0 Å². The molecule has 316 valence electrons. The van der Waals surface area contributed by atoms with E-state index in [0.29, 0.717) is 12.8 Å². The minimum absolute atomic E-state index is 0.114. The number of aromatic nitrogens is 2. The second kappa shape index (κ2) is 46.9. The van der Waals surface area contributed by atoms with E-state index in [1.807, 2.05) is 32.0 Å². The van der Waals surface area contributed by atoms with Crippen LogP contribution in [0.2, 0.25) is 0 Å². The molecule has 0 fully saturated rings. The Morgan fingerprint density at radius 1 is 0.600 bits per heavy atom. The van der Waals surface area contributed by atoms with Gasteiger partial charge < -0.3 is 11.1 Å². The van der Waals surface area contributed by atoms with Crippen LogP contribution in [-0.2, 0) is 121 Å². The molecule has 0 radical (unpaired) electrons. The molecule has 0 saturated heterocycles. The van der Waals surface area contributed by atoms with Gasteiger partial charge in [0.05, 0.1) is 0 Å². The molecule has 6 nitrogen and oxygen atoms in total. The van der Waals surface area contributed by atoms with Crippen LogP contribution in [0, 0.1) is 13.8 Å². The molecule has 2 aromatic rings. The molecule has 0 bridgehead atoms. The highest BCUT2D eigenvalue weighted by atomic mass is 35.5. The van der Waals surface area contributed by atoms with Gasteiger partial charge in [-0.3, -0.25) is 19.6 Å². The van der Waals surface area contributed by atoms with Crippen LogP contribution in [0.15, 0.2) is 36.7 Å². The van der Waals surface area contributed by atoms with Crippen molar-refractivity contribution in [3.05, 3.63) is 48.0 Å². The van der Waals surface area contributed by atoms with E-state index >= 15 is 0 Å². The van der Waals surface area contributed by atoms with Gasteiger partial charge in [0.2, 0.25) is 11.1 Å². The third-order valence-corrected chi connectivity index (χ3v) is 27.5. The van der Waals surface area contributed by atoms with E-state index in [2.05, 4.69) is 51.5 Å². The lowest BCUT2D eigenvalue weighted by atomic mass is 10.1. The van der Waals surface area contributed by atoms with Gasteiger partial charge in [0.1, 0.15) is 0 Å². The third kappa shape index (κ3) is 48.4. The van der Waals surface area contributed by atoms with E-state index in [0.717, 1.165) is 48.4 Å². The Morgan fingerprint density at radius 2 is 0.982 bits per heavy atom.